The minimum Gasteiger partial charge on any atom is -0.444 e. The maximum Gasteiger partial charge on any atom is 0.494 e. The summed E-state index contributed by atoms with van der Waals surface area (Å²) in [5.41, 5.74) is 2.55. The standard InChI is InChI=1S/C28H39BN6O4/c1-26(2,3)37-25(36)35-14-12-34(13-15-35)18-19-10-11-30-23(16-19)33-24-31-21-9-8-20(17-22(21)32-24)29-38-27(4,5)28(6,7)39-29/h8-11,16-17H,12-15,18H2,1-7H3,(H2,30,31,32,33). The van der Waals surface area contributed by atoms with Crippen LogP contribution in [-0.4, -0.2) is 80.9 Å². The molecule has 39 heavy (non-hydrogen) atoms. The van der Waals surface area contributed by atoms with Gasteiger partial charge in [0.2, 0.25) is 5.95 Å². The van der Waals surface area contributed by atoms with Crippen molar-refractivity contribution in [2.24, 2.45) is 0 Å². The van der Waals surface area contributed by atoms with Crippen molar-refractivity contribution >= 4 is 41.5 Å². The number of aromatic nitrogens is 3. The summed E-state index contributed by atoms with van der Waals surface area (Å²) in [5, 5.41) is 3.30. The van der Waals surface area contributed by atoms with Crippen molar-refractivity contribution in [2.45, 2.75) is 71.8 Å². The monoisotopic (exact) mass is 534 g/mol. The molecular formula is C28H39BN6O4. The molecule has 5 rings (SSSR count). The van der Waals surface area contributed by atoms with Gasteiger partial charge in [-0.25, -0.2) is 14.8 Å². The van der Waals surface area contributed by atoms with Crippen LogP contribution in [0.2, 0.25) is 0 Å². The minimum atomic E-state index is -0.482. The van der Waals surface area contributed by atoms with Crippen LogP contribution in [0.25, 0.3) is 11.0 Å². The van der Waals surface area contributed by atoms with E-state index in [1.807, 2.05) is 51.1 Å². The van der Waals surface area contributed by atoms with Gasteiger partial charge in [-0.05, 0) is 83.8 Å². The van der Waals surface area contributed by atoms with E-state index in [4.69, 9.17) is 14.0 Å². The summed E-state index contributed by atoms with van der Waals surface area (Å²) in [6.07, 6.45) is 1.56. The zero-order valence-corrected chi connectivity index (χ0v) is 24.0. The molecule has 0 saturated carbocycles. The van der Waals surface area contributed by atoms with Crippen LogP contribution in [0.4, 0.5) is 16.6 Å². The molecule has 2 N–H and O–H groups in total. The Hall–Kier alpha value is -3.15. The van der Waals surface area contributed by atoms with E-state index < -0.39 is 23.9 Å². The van der Waals surface area contributed by atoms with Crippen molar-refractivity contribution in [3.8, 4) is 0 Å². The van der Waals surface area contributed by atoms with Crippen LogP contribution in [0, 0.1) is 0 Å². The predicted molar refractivity (Wildman–Crippen MR) is 152 cm³/mol. The molecule has 0 atom stereocenters. The number of pyridine rings is 1. The first-order chi connectivity index (χ1) is 18.3. The number of hydrogen-bond donors (Lipinski definition) is 2. The molecular weight excluding hydrogens is 495 g/mol. The van der Waals surface area contributed by atoms with E-state index in [0.717, 1.165) is 41.7 Å². The van der Waals surface area contributed by atoms with Crippen LogP contribution < -0.4 is 10.8 Å². The van der Waals surface area contributed by atoms with Crippen LogP contribution in [0.5, 0.6) is 0 Å². The first-order valence-corrected chi connectivity index (χ1v) is 13.6. The van der Waals surface area contributed by atoms with Gasteiger partial charge in [0, 0.05) is 38.9 Å². The van der Waals surface area contributed by atoms with Gasteiger partial charge in [-0.2, -0.15) is 0 Å². The highest BCUT2D eigenvalue weighted by Gasteiger charge is 2.51. The molecule has 2 saturated heterocycles. The molecule has 1 aromatic carbocycles. The number of carbonyl (C=O) groups is 1. The molecule has 0 aliphatic carbocycles. The largest absolute Gasteiger partial charge is 0.494 e. The normalized spacial score (nSPS) is 19.5. The summed E-state index contributed by atoms with van der Waals surface area (Å²) in [6, 6.07) is 10.0. The third kappa shape index (κ3) is 6.21. The Labute approximate surface area is 230 Å². The summed E-state index contributed by atoms with van der Waals surface area (Å²) in [5.74, 6) is 1.33. The molecule has 0 unspecified atom stereocenters. The van der Waals surface area contributed by atoms with Gasteiger partial charge >= 0.3 is 13.2 Å². The predicted octanol–water partition coefficient (Wildman–Crippen LogP) is 4.05. The van der Waals surface area contributed by atoms with Crippen molar-refractivity contribution in [3.63, 3.8) is 0 Å². The Morgan fingerprint density at radius 1 is 1.08 bits per heavy atom. The number of H-pyrrole nitrogens is 1. The Kier molecular flexibility index (Phi) is 7.11. The summed E-state index contributed by atoms with van der Waals surface area (Å²) in [7, 11) is -0.427. The molecule has 0 bridgehead atoms. The molecule has 11 heteroatoms. The van der Waals surface area contributed by atoms with Gasteiger partial charge in [-0.15, -0.1) is 0 Å². The second-order valence-corrected chi connectivity index (χ2v) is 12.4. The highest BCUT2D eigenvalue weighted by molar-refractivity contribution is 6.62. The number of aromatic amines is 1. The van der Waals surface area contributed by atoms with Crippen LogP contribution in [-0.2, 0) is 20.6 Å². The number of benzene rings is 1. The Bertz CT molecular complexity index is 1330. The van der Waals surface area contributed by atoms with Crippen LogP contribution in [0.15, 0.2) is 36.5 Å². The number of amides is 1. The molecule has 2 aromatic heterocycles. The minimum absolute atomic E-state index is 0.244. The lowest BCUT2D eigenvalue weighted by molar-refractivity contribution is 0.00578. The van der Waals surface area contributed by atoms with E-state index in [-0.39, 0.29) is 6.09 Å². The topological polar surface area (TPSA) is 105 Å². The van der Waals surface area contributed by atoms with Gasteiger partial charge in [0.25, 0.3) is 0 Å². The Balaban J connectivity index is 1.20. The van der Waals surface area contributed by atoms with E-state index in [1.54, 1.807) is 11.1 Å². The van der Waals surface area contributed by atoms with Crippen molar-refractivity contribution in [3.05, 3.63) is 42.1 Å². The summed E-state index contributed by atoms with van der Waals surface area (Å²) in [6.45, 7) is 17.5. The van der Waals surface area contributed by atoms with Gasteiger partial charge in [-0.3, -0.25) is 4.90 Å². The molecule has 0 radical (unpaired) electrons. The summed E-state index contributed by atoms with van der Waals surface area (Å²) < 4.78 is 17.9. The zero-order chi connectivity index (χ0) is 28.0. The Morgan fingerprint density at radius 3 is 2.44 bits per heavy atom. The average molecular weight is 534 g/mol. The highest BCUT2D eigenvalue weighted by Crippen LogP contribution is 2.36. The van der Waals surface area contributed by atoms with E-state index in [1.165, 1.54) is 0 Å². The molecule has 2 fully saturated rings. The lowest BCUT2D eigenvalue weighted by Gasteiger charge is -2.35. The third-order valence-electron chi connectivity index (χ3n) is 7.53. The lowest BCUT2D eigenvalue weighted by Crippen LogP contribution is -2.49. The van der Waals surface area contributed by atoms with Gasteiger partial charge in [0.05, 0.1) is 22.2 Å². The number of ether oxygens (including phenoxy) is 1. The molecule has 4 heterocycles. The molecule has 208 valence electrons. The third-order valence-corrected chi connectivity index (χ3v) is 7.53. The van der Waals surface area contributed by atoms with Gasteiger partial charge in [0.1, 0.15) is 11.4 Å². The maximum atomic E-state index is 12.3. The zero-order valence-electron chi connectivity index (χ0n) is 24.0. The number of imidazole rings is 1. The fraction of sp³-hybridized carbons (Fsp3) is 0.536. The van der Waals surface area contributed by atoms with E-state index in [9.17, 15) is 4.79 Å². The highest BCUT2D eigenvalue weighted by atomic mass is 16.7. The number of nitrogens with one attached hydrogen (secondary N) is 2. The van der Waals surface area contributed by atoms with Crippen molar-refractivity contribution < 1.29 is 18.8 Å². The van der Waals surface area contributed by atoms with Crippen LogP contribution in [0.1, 0.15) is 54.0 Å². The average Bonchev–Trinajstić information content (AvgIpc) is 3.33. The maximum absolute atomic E-state index is 12.3. The SMILES string of the molecule is CC(C)(C)OC(=O)N1CCN(Cc2ccnc(Nc3nc4ccc(B5OC(C)(C)C(C)(C)O5)cc4[nH]3)c2)CC1. The number of piperazine rings is 1. The van der Waals surface area contributed by atoms with Crippen molar-refractivity contribution in [1.29, 1.82) is 0 Å². The van der Waals surface area contributed by atoms with Crippen LogP contribution >= 0.6 is 0 Å². The number of rotatable bonds is 5. The fourth-order valence-corrected chi connectivity index (χ4v) is 4.65. The number of hydrogen-bond acceptors (Lipinski definition) is 8. The first-order valence-electron chi connectivity index (χ1n) is 13.6. The lowest BCUT2D eigenvalue weighted by atomic mass is 9.79. The molecule has 3 aromatic rings. The molecule has 0 spiro atoms. The fourth-order valence-electron chi connectivity index (χ4n) is 4.65. The summed E-state index contributed by atoms with van der Waals surface area (Å²) >= 11 is 0. The van der Waals surface area contributed by atoms with Crippen molar-refractivity contribution in [1.82, 2.24) is 24.8 Å². The van der Waals surface area contributed by atoms with Gasteiger partial charge in [0.15, 0.2) is 0 Å². The van der Waals surface area contributed by atoms with Gasteiger partial charge in [-0.1, -0.05) is 6.07 Å². The second-order valence-electron chi connectivity index (χ2n) is 12.4. The molecule has 10 nitrogen and oxygen atoms in total. The number of carbonyl (C=O) groups excluding carboxylic acids is 1. The van der Waals surface area contributed by atoms with E-state index in [0.29, 0.717) is 24.9 Å². The van der Waals surface area contributed by atoms with E-state index >= 15 is 0 Å². The van der Waals surface area contributed by atoms with E-state index in [2.05, 4.69) is 52.9 Å². The summed E-state index contributed by atoms with van der Waals surface area (Å²) in [4.78, 5) is 29.0. The number of fused-ring (bicyclic) bond motifs is 1. The first kappa shape index (κ1) is 27.4. The second kappa shape index (κ2) is 10.1. The van der Waals surface area contributed by atoms with Gasteiger partial charge < -0.3 is 29.2 Å². The quantitative estimate of drug-likeness (QED) is 0.473. The molecule has 2 aliphatic rings. The Morgan fingerprint density at radius 2 is 1.77 bits per heavy atom. The number of anilines is 2. The molecule has 1 amide bonds. The van der Waals surface area contributed by atoms with Crippen molar-refractivity contribution in [2.75, 3.05) is 31.5 Å². The number of nitrogens with zero attached hydrogens (tertiary/aromatic N) is 4. The smallest absolute Gasteiger partial charge is 0.444 e. The van der Waals surface area contributed by atoms with Crippen LogP contribution in [0.3, 0.4) is 0 Å². The molecule has 2 aliphatic heterocycles.